The zero-order valence-electron chi connectivity index (χ0n) is 12.5. The van der Waals surface area contributed by atoms with E-state index in [0.29, 0.717) is 0 Å². The van der Waals surface area contributed by atoms with Crippen molar-refractivity contribution < 1.29 is 26.6 Å². The summed E-state index contributed by atoms with van der Waals surface area (Å²) in [5.41, 5.74) is 0.376. The van der Waals surface area contributed by atoms with Gasteiger partial charge >= 0.3 is 6.97 Å². The molecule has 0 radical (unpaired) electrons. The summed E-state index contributed by atoms with van der Waals surface area (Å²) in [5.74, 6) is -1.75. The minimum atomic E-state index is -4.07. The average molecular weight is 334 g/mol. The Morgan fingerprint density at radius 2 is 1.96 bits per heavy atom. The molecule has 0 saturated carbocycles. The summed E-state index contributed by atoms with van der Waals surface area (Å²) in [7, 11) is 1.23. The van der Waals surface area contributed by atoms with Gasteiger partial charge in [-0.05, 0) is 24.4 Å². The van der Waals surface area contributed by atoms with Crippen LogP contribution in [0.5, 0.6) is 5.75 Å². The fraction of sp³-hybridized carbons (Fsp3) is 0.0625. The van der Waals surface area contributed by atoms with Crippen LogP contribution in [0, 0.1) is 11.6 Å². The van der Waals surface area contributed by atoms with Crippen molar-refractivity contribution in [2.24, 2.45) is 0 Å². The molecule has 1 aromatic carbocycles. The summed E-state index contributed by atoms with van der Waals surface area (Å²) in [5, 5.41) is 0. The number of ether oxygens (including phenoxy) is 1. The van der Waals surface area contributed by atoms with Gasteiger partial charge in [-0.3, -0.25) is 0 Å². The largest absolute Gasteiger partial charge is 0.737 e. The fourth-order valence-electron chi connectivity index (χ4n) is 3.17. The van der Waals surface area contributed by atoms with Crippen LogP contribution in [0.1, 0.15) is 11.3 Å². The monoisotopic (exact) mass is 334 g/mol. The molecule has 2 aliphatic rings. The molecule has 2 aromatic rings. The molecule has 0 N–H and O–H groups in total. The Balaban J connectivity index is 2.04. The molecular formula is C16H11BF4N2O. The molecule has 0 spiro atoms. The van der Waals surface area contributed by atoms with Crippen LogP contribution in [0.25, 0.3) is 5.57 Å². The maximum atomic E-state index is 14.6. The van der Waals surface area contributed by atoms with Crippen molar-refractivity contribution in [1.82, 2.24) is 4.48 Å². The highest BCUT2D eigenvalue weighted by Gasteiger charge is 2.51. The molecule has 24 heavy (non-hydrogen) atoms. The van der Waals surface area contributed by atoms with Gasteiger partial charge in [0.05, 0.1) is 12.7 Å². The molecule has 4 rings (SSSR count). The summed E-state index contributed by atoms with van der Waals surface area (Å²) < 4.78 is 64.2. The predicted octanol–water partition coefficient (Wildman–Crippen LogP) is 3.42. The van der Waals surface area contributed by atoms with Crippen LogP contribution in [-0.4, -0.2) is 29.3 Å². The SMILES string of the molecule is COc1cc(F)c(C2=C3C=CC=[N+]3[B-](F)(F)n3cccc32)cc1F. The maximum absolute atomic E-state index is 14.6. The van der Waals surface area contributed by atoms with E-state index < -0.39 is 18.6 Å². The number of fused-ring (bicyclic) bond motifs is 2. The topological polar surface area (TPSA) is 17.2 Å². The van der Waals surface area contributed by atoms with Crippen LogP contribution in [0.3, 0.4) is 0 Å². The zero-order valence-corrected chi connectivity index (χ0v) is 12.5. The second-order valence-electron chi connectivity index (χ2n) is 5.53. The molecule has 1 aromatic heterocycles. The number of nitrogens with zero attached hydrogens (tertiary/aromatic N) is 2. The van der Waals surface area contributed by atoms with Crippen LogP contribution in [0.4, 0.5) is 17.4 Å². The molecule has 0 fully saturated rings. The molecule has 3 heterocycles. The van der Waals surface area contributed by atoms with Gasteiger partial charge < -0.3 is 22.3 Å². The van der Waals surface area contributed by atoms with E-state index in [1.165, 1.54) is 43.8 Å². The first-order valence-electron chi connectivity index (χ1n) is 7.22. The van der Waals surface area contributed by atoms with E-state index in [1.54, 1.807) is 0 Å². The van der Waals surface area contributed by atoms with Crippen molar-refractivity contribution in [1.29, 1.82) is 0 Å². The summed E-state index contributed by atoms with van der Waals surface area (Å²) in [6, 6.07) is 4.79. The number of hydrogen-bond donors (Lipinski definition) is 0. The zero-order chi connectivity index (χ0) is 17.1. The molecular weight excluding hydrogens is 323 g/mol. The lowest BCUT2D eigenvalue weighted by molar-refractivity contribution is -0.356. The second-order valence-corrected chi connectivity index (χ2v) is 5.53. The first-order valence-corrected chi connectivity index (χ1v) is 7.22. The van der Waals surface area contributed by atoms with E-state index in [9.17, 15) is 17.4 Å². The van der Waals surface area contributed by atoms with Gasteiger partial charge in [0, 0.05) is 29.5 Å². The van der Waals surface area contributed by atoms with E-state index in [0.717, 1.165) is 21.1 Å². The van der Waals surface area contributed by atoms with Crippen molar-refractivity contribution in [3.05, 3.63) is 71.2 Å². The van der Waals surface area contributed by atoms with E-state index >= 15 is 0 Å². The van der Waals surface area contributed by atoms with Gasteiger partial charge in [0.2, 0.25) is 0 Å². The van der Waals surface area contributed by atoms with Crippen molar-refractivity contribution in [3.63, 3.8) is 0 Å². The van der Waals surface area contributed by atoms with Crippen LogP contribution in [0.2, 0.25) is 0 Å². The molecule has 122 valence electrons. The summed E-state index contributed by atoms with van der Waals surface area (Å²) in [6.07, 6.45) is 5.38. The quantitative estimate of drug-likeness (QED) is 0.608. The maximum Gasteiger partial charge on any atom is 0.737 e. The molecule has 0 unspecified atom stereocenters. The molecule has 0 amide bonds. The Bertz CT molecular complexity index is 959. The lowest BCUT2D eigenvalue weighted by atomic mass is 9.86. The van der Waals surface area contributed by atoms with Crippen molar-refractivity contribution in [2.45, 2.75) is 0 Å². The van der Waals surface area contributed by atoms with Gasteiger partial charge in [-0.2, -0.15) is 0 Å². The third-order valence-electron chi connectivity index (χ3n) is 4.25. The van der Waals surface area contributed by atoms with E-state index in [4.69, 9.17) is 4.74 Å². The molecule has 2 aliphatic heterocycles. The molecule has 0 atom stereocenters. The summed E-state index contributed by atoms with van der Waals surface area (Å²) >= 11 is 0. The number of benzene rings is 1. The Labute approximate surface area is 134 Å². The third kappa shape index (κ3) is 1.82. The smallest absolute Gasteiger partial charge is 0.494 e. The van der Waals surface area contributed by atoms with Crippen LogP contribution in [0.15, 0.2) is 48.3 Å². The lowest BCUT2D eigenvalue weighted by Crippen LogP contribution is -2.49. The van der Waals surface area contributed by atoms with E-state index in [2.05, 4.69) is 0 Å². The summed E-state index contributed by atoms with van der Waals surface area (Å²) in [6.45, 7) is -4.07. The second kappa shape index (κ2) is 4.86. The van der Waals surface area contributed by atoms with Crippen LogP contribution < -0.4 is 4.74 Å². The Hall–Kier alpha value is -2.77. The van der Waals surface area contributed by atoms with Crippen molar-refractivity contribution >= 4 is 18.8 Å². The Morgan fingerprint density at radius 1 is 1.17 bits per heavy atom. The van der Waals surface area contributed by atoms with E-state index in [1.807, 2.05) is 0 Å². The molecule has 0 saturated heterocycles. The number of hydrogen-bond acceptors (Lipinski definition) is 1. The summed E-state index contributed by atoms with van der Waals surface area (Å²) in [4.78, 5) is 0. The standard InChI is InChI=1S/C16H11BF4N2O/c1-24-15-9-11(18)10(8-12(15)19)16-13-4-2-6-22(13)17(20,21)23-7-3-5-14(16)23/h2-9H,1H3. The van der Waals surface area contributed by atoms with E-state index in [-0.39, 0.29) is 28.3 Å². The first-order chi connectivity index (χ1) is 11.4. The highest BCUT2D eigenvalue weighted by Crippen LogP contribution is 2.40. The number of rotatable bonds is 2. The van der Waals surface area contributed by atoms with Gasteiger partial charge in [0.25, 0.3) is 0 Å². The highest BCUT2D eigenvalue weighted by molar-refractivity contribution is 6.57. The molecule has 0 aliphatic carbocycles. The van der Waals surface area contributed by atoms with Gasteiger partial charge in [0.1, 0.15) is 12.0 Å². The van der Waals surface area contributed by atoms with Crippen molar-refractivity contribution in [2.75, 3.05) is 7.11 Å². The normalized spacial score (nSPS) is 17.6. The predicted molar refractivity (Wildman–Crippen MR) is 82.2 cm³/mol. The van der Waals surface area contributed by atoms with Gasteiger partial charge in [-0.1, -0.05) is 0 Å². The van der Waals surface area contributed by atoms with Crippen LogP contribution in [-0.2, 0) is 0 Å². The number of halogens is 4. The fourth-order valence-corrected chi connectivity index (χ4v) is 3.17. The first kappa shape index (κ1) is 14.8. The Kier molecular flexibility index (Phi) is 3.00. The lowest BCUT2D eigenvalue weighted by Gasteiger charge is -2.31. The van der Waals surface area contributed by atoms with Crippen molar-refractivity contribution in [3.8, 4) is 5.75 Å². The Morgan fingerprint density at radius 3 is 2.71 bits per heavy atom. The van der Waals surface area contributed by atoms with Crippen LogP contribution >= 0.6 is 0 Å². The average Bonchev–Trinajstić information content (AvgIpc) is 3.20. The molecule has 8 heteroatoms. The minimum Gasteiger partial charge on any atom is -0.494 e. The van der Waals surface area contributed by atoms with Gasteiger partial charge in [0.15, 0.2) is 17.3 Å². The highest BCUT2D eigenvalue weighted by atomic mass is 19.2. The third-order valence-corrected chi connectivity index (χ3v) is 4.25. The number of allylic oxidation sites excluding steroid dienone is 2. The minimum absolute atomic E-state index is 0.0977. The molecule has 0 bridgehead atoms. The number of aromatic nitrogens is 1. The van der Waals surface area contributed by atoms with Gasteiger partial charge in [-0.25, -0.2) is 8.78 Å². The number of methoxy groups -OCH3 is 1. The van der Waals surface area contributed by atoms with Gasteiger partial charge in [-0.15, -0.1) is 0 Å². The molecule has 3 nitrogen and oxygen atoms in total.